The highest BCUT2D eigenvalue weighted by atomic mass is 32.2. The lowest BCUT2D eigenvalue weighted by Crippen LogP contribution is -2.47. The largest absolute Gasteiger partial charge is 0.370 e. The van der Waals surface area contributed by atoms with Gasteiger partial charge in [0.25, 0.3) is 0 Å². The quantitative estimate of drug-likeness (QED) is 0.672. The number of benzene rings is 1. The molecule has 5 rings (SSSR count). The molecule has 2 amide bonds. The van der Waals surface area contributed by atoms with Crippen LogP contribution in [0.25, 0.3) is 11.0 Å². The SMILES string of the molecule is Cc1ccc2nc(SCC(=O)NCC3CCC4(CCN(C(=O)C5CC5)CC4)O3)[nH]c2c1. The minimum absolute atomic E-state index is 0.00367. The zero-order chi connectivity index (χ0) is 21.4. The molecule has 3 aliphatic rings. The summed E-state index contributed by atoms with van der Waals surface area (Å²) in [6.07, 6.45) is 6.00. The van der Waals surface area contributed by atoms with Crippen molar-refractivity contribution in [1.29, 1.82) is 0 Å². The monoisotopic (exact) mass is 442 g/mol. The van der Waals surface area contributed by atoms with Gasteiger partial charge in [0.15, 0.2) is 5.16 Å². The number of carbonyl (C=O) groups excluding carboxylic acids is 2. The molecule has 1 atom stereocenters. The number of thioether (sulfide) groups is 1. The molecule has 2 aromatic rings. The number of imidazole rings is 1. The number of aromatic amines is 1. The summed E-state index contributed by atoms with van der Waals surface area (Å²) >= 11 is 1.42. The molecule has 1 spiro atoms. The van der Waals surface area contributed by atoms with Gasteiger partial charge in [-0.2, -0.15) is 0 Å². The fraction of sp³-hybridized carbons (Fsp3) is 0.609. The van der Waals surface area contributed by atoms with E-state index in [0.717, 1.165) is 67.8 Å². The molecule has 1 saturated carbocycles. The van der Waals surface area contributed by atoms with E-state index < -0.39 is 0 Å². The number of fused-ring (bicyclic) bond motifs is 1. The Morgan fingerprint density at radius 3 is 2.84 bits per heavy atom. The molecule has 0 bridgehead atoms. The average molecular weight is 443 g/mol. The summed E-state index contributed by atoms with van der Waals surface area (Å²) in [6.45, 7) is 4.21. The van der Waals surface area contributed by atoms with Gasteiger partial charge in [0, 0.05) is 25.6 Å². The highest BCUT2D eigenvalue weighted by Gasteiger charge is 2.44. The molecular weight excluding hydrogens is 412 g/mol. The first kappa shape index (κ1) is 20.8. The lowest BCUT2D eigenvalue weighted by atomic mass is 9.88. The number of rotatable bonds is 6. The van der Waals surface area contributed by atoms with Crippen molar-refractivity contribution in [2.45, 2.75) is 62.3 Å². The molecule has 8 heteroatoms. The highest BCUT2D eigenvalue weighted by Crippen LogP contribution is 2.40. The molecule has 0 radical (unpaired) electrons. The summed E-state index contributed by atoms with van der Waals surface area (Å²) in [5.74, 6) is 0.961. The Balaban J connectivity index is 1.04. The maximum absolute atomic E-state index is 12.3. The van der Waals surface area contributed by atoms with E-state index in [9.17, 15) is 9.59 Å². The van der Waals surface area contributed by atoms with Crippen molar-refractivity contribution in [3.05, 3.63) is 23.8 Å². The maximum atomic E-state index is 12.3. The van der Waals surface area contributed by atoms with Crippen molar-refractivity contribution >= 4 is 34.6 Å². The first-order valence-electron chi connectivity index (χ1n) is 11.3. The normalized spacial score (nSPS) is 22.9. The molecule has 7 nitrogen and oxygen atoms in total. The fourth-order valence-corrected chi connectivity index (χ4v) is 5.43. The molecule has 1 aromatic heterocycles. The van der Waals surface area contributed by atoms with E-state index in [0.29, 0.717) is 24.1 Å². The molecule has 31 heavy (non-hydrogen) atoms. The van der Waals surface area contributed by atoms with E-state index in [-0.39, 0.29) is 17.6 Å². The number of nitrogens with zero attached hydrogens (tertiary/aromatic N) is 2. The van der Waals surface area contributed by atoms with E-state index in [1.165, 1.54) is 17.3 Å². The van der Waals surface area contributed by atoms with Gasteiger partial charge in [0.2, 0.25) is 11.8 Å². The van der Waals surface area contributed by atoms with Crippen LogP contribution in [0.1, 0.15) is 44.1 Å². The van der Waals surface area contributed by atoms with Gasteiger partial charge in [-0.25, -0.2) is 4.98 Å². The van der Waals surface area contributed by atoms with Gasteiger partial charge in [-0.1, -0.05) is 17.8 Å². The van der Waals surface area contributed by atoms with Gasteiger partial charge in [-0.05, 0) is 63.1 Å². The van der Waals surface area contributed by atoms with Crippen LogP contribution in [0.2, 0.25) is 0 Å². The second-order valence-corrected chi connectivity index (χ2v) is 10.2. The molecular formula is C23H30N4O3S. The number of piperidine rings is 1. The van der Waals surface area contributed by atoms with Gasteiger partial charge in [0.1, 0.15) is 0 Å². The Morgan fingerprint density at radius 1 is 1.26 bits per heavy atom. The van der Waals surface area contributed by atoms with Crippen LogP contribution in [0.3, 0.4) is 0 Å². The van der Waals surface area contributed by atoms with Gasteiger partial charge in [-0.15, -0.1) is 0 Å². The predicted molar refractivity (Wildman–Crippen MR) is 120 cm³/mol. The van der Waals surface area contributed by atoms with E-state index in [1.807, 2.05) is 24.0 Å². The molecule has 2 saturated heterocycles. The fourth-order valence-electron chi connectivity index (χ4n) is 4.71. The summed E-state index contributed by atoms with van der Waals surface area (Å²) in [4.78, 5) is 34.4. The Labute approximate surface area is 186 Å². The number of amides is 2. The molecule has 1 unspecified atom stereocenters. The van der Waals surface area contributed by atoms with Gasteiger partial charge < -0.3 is 19.9 Å². The van der Waals surface area contributed by atoms with Crippen molar-refractivity contribution in [1.82, 2.24) is 20.2 Å². The summed E-state index contributed by atoms with van der Waals surface area (Å²) in [7, 11) is 0. The number of hydrogen-bond donors (Lipinski definition) is 2. The number of aryl methyl sites for hydroxylation is 1. The van der Waals surface area contributed by atoms with E-state index in [2.05, 4.69) is 21.4 Å². The third-order valence-corrected chi connectivity index (χ3v) is 7.61. The minimum atomic E-state index is -0.100. The molecule has 1 aromatic carbocycles. The smallest absolute Gasteiger partial charge is 0.230 e. The minimum Gasteiger partial charge on any atom is -0.370 e. The van der Waals surface area contributed by atoms with Crippen molar-refractivity contribution in [2.24, 2.45) is 5.92 Å². The van der Waals surface area contributed by atoms with Crippen LogP contribution in [-0.2, 0) is 14.3 Å². The lowest BCUT2D eigenvalue weighted by Gasteiger charge is -2.39. The zero-order valence-electron chi connectivity index (χ0n) is 18.0. The van der Waals surface area contributed by atoms with Gasteiger partial charge in [-0.3, -0.25) is 9.59 Å². The van der Waals surface area contributed by atoms with Crippen LogP contribution >= 0.6 is 11.8 Å². The van der Waals surface area contributed by atoms with Crippen LogP contribution in [-0.4, -0.2) is 63.8 Å². The molecule has 2 N–H and O–H groups in total. The maximum Gasteiger partial charge on any atom is 0.230 e. The van der Waals surface area contributed by atoms with Gasteiger partial charge >= 0.3 is 0 Å². The molecule has 3 fully saturated rings. The van der Waals surface area contributed by atoms with Crippen LogP contribution < -0.4 is 5.32 Å². The number of hydrogen-bond acceptors (Lipinski definition) is 5. The van der Waals surface area contributed by atoms with Crippen LogP contribution in [0.15, 0.2) is 23.4 Å². The Hall–Kier alpha value is -2.06. The van der Waals surface area contributed by atoms with Crippen molar-refractivity contribution in [3.63, 3.8) is 0 Å². The van der Waals surface area contributed by atoms with E-state index in [4.69, 9.17) is 4.74 Å². The first-order valence-corrected chi connectivity index (χ1v) is 12.3. The Kier molecular flexibility index (Phi) is 5.69. The molecule has 3 heterocycles. The standard InChI is InChI=1S/C23H30N4O3S/c1-15-2-5-18-19(12-15)26-22(25-18)31-14-20(28)24-13-17-6-7-23(30-17)8-10-27(11-9-23)21(29)16-3-4-16/h2,5,12,16-17H,3-4,6-11,13-14H2,1H3,(H,24,28)(H,25,26). The van der Waals surface area contributed by atoms with Crippen LogP contribution in [0.4, 0.5) is 0 Å². The summed E-state index contributed by atoms with van der Waals surface area (Å²) in [5, 5.41) is 3.78. The number of ether oxygens (including phenoxy) is 1. The lowest BCUT2D eigenvalue weighted by molar-refractivity contribution is -0.139. The average Bonchev–Trinajstić information content (AvgIpc) is 3.43. The summed E-state index contributed by atoms with van der Waals surface area (Å²) < 4.78 is 6.38. The van der Waals surface area contributed by atoms with Crippen LogP contribution in [0.5, 0.6) is 0 Å². The summed E-state index contributed by atoms with van der Waals surface area (Å²) in [5.41, 5.74) is 3.00. The molecule has 1 aliphatic carbocycles. The van der Waals surface area contributed by atoms with E-state index >= 15 is 0 Å². The summed E-state index contributed by atoms with van der Waals surface area (Å²) in [6, 6.07) is 6.09. The number of aromatic nitrogens is 2. The number of likely N-dealkylation sites (tertiary alicyclic amines) is 1. The third kappa shape index (κ3) is 4.75. The number of H-pyrrole nitrogens is 1. The first-order chi connectivity index (χ1) is 15.0. The highest BCUT2D eigenvalue weighted by molar-refractivity contribution is 7.99. The van der Waals surface area contributed by atoms with Crippen LogP contribution in [0, 0.1) is 12.8 Å². The Bertz CT molecular complexity index is 978. The predicted octanol–water partition coefficient (Wildman–Crippen LogP) is 3.03. The zero-order valence-corrected chi connectivity index (χ0v) is 18.8. The van der Waals surface area contributed by atoms with E-state index in [1.54, 1.807) is 0 Å². The third-order valence-electron chi connectivity index (χ3n) is 6.73. The second-order valence-electron chi connectivity index (χ2n) is 9.22. The van der Waals surface area contributed by atoms with Crippen molar-refractivity contribution in [2.75, 3.05) is 25.4 Å². The number of nitrogens with one attached hydrogen (secondary N) is 2. The topological polar surface area (TPSA) is 87.3 Å². The van der Waals surface area contributed by atoms with Gasteiger partial charge in [0.05, 0.1) is 28.5 Å². The van der Waals surface area contributed by atoms with Crippen molar-refractivity contribution < 1.29 is 14.3 Å². The molecule has 2 aliphatic heterocycles. The Morgan fingerprint density at radius 2 is 2.06 bits per heavy atom. The number of carbonyl (C=O) groups is 2. The molecule has 166 valence electrons. The van der Waals surface area contributed by atoms with Crippen molar-refractivity contribution in [3.8, 4) is 0 Å². The second kappa shape index (κ2) is 8.47.